The molecular formula is C19H18ClNO6. The molecule has 0 saturated carbocycles. The first-order chi connectivity index (χ1) is 12.9. The highest BCUT2D eigenvalue weighted by Gasteiger charge is 2.62. The number of hydrogen-bond acceptors (Lipinski definition) is 6. The van der Waals surface area contributed by atoms with Gasteiger partial charge in [-0.3, -0.25) is 4.79 Å². The molecule has 2 aromatic rings. The molecule has 2 heterocycles. The molecule has 3 atom stereocenters. The van der Waals surface area contributed by atoms with Gasteiger partial charge in [0.1, 0.15) is 28.2 Å². The van der Waals surface area contributed by atoms with Gasteiger partial charge in [-0.1, -0.05) is 18.5 Å². The minimum Gasteiger partial charge on any atom is -0.618 e. The van der Waals surface area contributed by atoms with Crippen molar-refractivity contribution >= 4 is 17.4 Å². The fourth-order valence-electron chi connectivity index (χ4n) is 4.06. The van der Waals surface area contributed by atoms with Crippen LogP contribution in [0.5, 0.6) is 17.2 Å². The molecular weight excluding hydrogens is 374 g/mol. The van der Waals surface area contributed by atoms with Crippen LogP contribution in [0.2, 0.25) is 5.02 Å². The van der Waals surface area contributed by atoms with Crippen molar-refractivity contribution in [3.8, 4) is 17.2 Å². The van der Waals surface area contributed by atoms with Gasteiger partial charge in [0.05, 0.1) is 19.8 Å². The molecule has 27 heavy (non-hydrogen) atoms. The second kappa shape index (κ2) is 6.00. The molecule has 7 nitrogen and oxygen atoms in total. The van der Waals surface area contributed by atoms with Crippen LogP contribution in [0.3, 0.4) is 0 Å². The second-order valence-corrected chi connectivity index (χ2v) is 7.15. The number of ether oxygens (including phenoxy) is 3. The lowest BCUT2D eigenvalue weighted by molar-refractivity contribution is -0.616. The number of aliphatic hydroxyl groups excluding tert-OH is 1. The van der Waals surface area contributed by atoms with E-state index in [0.717, 1.165) is 0 Å². The van der Waals surface area contributed by atoms with Crippen LogP contribution >= 0.6 is 11.6 Å². The number of halogens is 1. The molecule has 142 valence electrons. The van der Waals surface area contributed by atoms with Gasteiger partial charge in [0.25, 0.3) is 0 Å². The molecule has 0 saturated heterocycles. The van der Waals surface area contributed by atoms with Crippen LogP contribution in [-0.4, -0.2) is 30.7 Å². The first-order valence-electron chi connectivity index (χ1n) is 8.44. The molecule has 0 amide bonds. The van der Waals surface area contributed by atoms with Crippen molar-refractivity contribution in [2.24, 2.45) is 5.92 Å². The van der Waals surface area contributed by atoms with Crippen molar-refractivity contribution in [1.82, 2.24) is 0 Å². The SMILES string of the molecule is COc1cc(OC)c2c(c1Cl)O[C@]1(C2=O)C(O)c2ccc[n+]([O-])c2C[C@H]1C. The summed E-state index contributed by atoms with van der Waals surface area (Å²) in [7, 11) is 2.87. The molecule has 1 aromatic carbocycles. The third-order valence-electron chi connectivity index (χ3n) is 5.47. The molecule has 1 aromatic heterocycles. The third kappa shape index (κ3) is 2.18. The number of Topliss-reactive ketones (excluding diaryl/α,β-unsaturated/α-hetero) is 1. The summed E-state index contributed by atoms with van der Waals surface area (Å²) in [5.41, 5.74) is -0.629. The summed E-state index contributed by atoms with van der Waals surface area (Å²) >= 11 is 6.38. The summed E-state index contributed by atoms with van der Waals surface area (Å²) < 4.78 is 17.4. The van der Waals surface area contributed by atoms with E-state index in [1.807, 2.05) is 0 Å². The molecule has 1 N–H and O–H groups in total. The van der Waals surface area contributed by atoms with Crippen molar-refractivity contribution in [2.75, 3.05) is 14.2 Å². The van der Waals surface area contributed by atoms with Crippen molar-refractivity contribution in [3.05, 3.63) is 51.4 Å². The second-order valence-electron chi connectivity index (χ2n) is 6.77. The average Bonchev–Trinajstić information content (AvgIpc) is 2.97. The summed E-state index contributed by atoms with van der Waals surface area (Å²) in [6, 6.07) is 4.67. The van der Waals surface area contributed by atoms with Gasteiger partial charge in [0.2, 0.25) is 11.4 Å². The van der Waals surface area contributed by atoms with Gasteiger partial charge in [-0.2, -0.15) is 4.73 Å². The number of rotatable bonds is 2. The number of carbonyl (C=O) groups is 1. The zero-order valence-electron chi connectivity index (χ0n) is 15.0. The Morgan fingerprint density at radius 1 is 1.37 bits per heavy atom. The van der Waals surface area contributed by atoms with Crippen LogP contribution in [0, 0.1) is 11.1 Å². The number of aromatic nitrogens is 1. The number of hydrogen-bond donors (Lipinski definition) is 1. The van der Waals surface area contributed by atoms with Gasteiger partial charge in [-0.25, -0.2) is 0 Å². The maximum atomic E-state index is 13.5. The molecule has 2 aliphatic rings. The molecule has 0 radical (unpaired) electrons. The number of fused-ring (bicyclic) bond motifs is 2. The molecule has 1 aliphatic carbocycles. The van der Waals surface area contributed by atoms with Gasteiger partial charge in [0, 0.05) is 24.5 Å². The van der Waals surface area contributed by atoms with Crippen molar-refractivity contribution < 1.29 is 28.8 Å². The maximum Gasteiger partial charge on any atom is 0.217 e. The van der Waals surface area contributed by atoms with Gasteiger partial charge in [-0.15, -0.1) is 0 Å². The monoisotopic (exact) mass is 391 g/mol. The summed E-state index contributed by atoms with van der Waals surface area (Å²) in [5.74, 6) is -0.226. The Bertz CT molecular complexity index is 962. The molecule has 0 fully saturated rings. The number of ketones is 1. The Morgan fingerprint density at radius 2 is 2.07 bits per heavy atom. The first-order valence-corrected chi connectivity index (χ1v) is 8.81. The predicted octanol–water partition coefficient (Wildman–Crippen LogP) is 2.23. The van der Waals surface area contributed by atoms with Gasteiger partial charge in [-0.05, 0) is 6.07 Å². The van der Waals surface area contributed by atoms with E-state index in [-0.39, 0.29) is 28.5 Å². The van der Waals surface area contributed by atoms with Gasteiger partial charge < -0.3 is 24.5 Å². The van der Waals surface area contributed by atoms with E-state index in [0.29, 0.717) is 21.7 Å². The van der Waals surface area contributed by atoms with Crippen LogP contribution in [0.1, 0.15) is 34.6 Å². The molecule has 0 bridgehead atoms. The zero-order valence-corrected chi connectivity index (χ0v) is 15.7. The number of carbonyl (C=O) groups excluding carboxylic acids is 1. The van der Waals surface area contributed by atoms with Crippen LogP contribution in [0.4, 0.5) is 0 Å². The summed E-state index contributed by atoms with van der Waals surface area (Å²) in [4.78, 5) is 13.5. The Kier molecular flexibility index (Phi) is 3.98. The predicted molar refractivity (Wildman–Crippen MR) is 95.5 cm³/mol. The number of pyridine rings is 1. The van der Waals surface area contributed by atoms with E-state index in [1.165, 1.54) is 32.5 Å². The lowest BCUT2D eigenvalue weighted by Crippen LogP contribution is -2.56. The fourth-order valence-corrected chi connectivity index (χ4v) is 4.33. The number of nitrogens with zero attached hydrogens (tertiary/aromatic N) is 1. The van der Waals surface area contributed by atoms with Crippen LogP contribution in [0.25, 0.3) is 0 Å². The lowest BCUT2D eigenvalue weighted by atomic mass is 9.70. The topological polar surface area (TPSA) is 91.9 Å². The average molecular weight is 392 g/mol. The molecule has 1 unspecified atom stereocenters. The van der Waals surface area contributed by atoms with E-state index in [9.17, 15) is 15.1 Å². The minimum atomic E-state index is -1.59. The van der Waals surface area contributed by atoms with Crippen molar-refractivity contribution in [1.29, 1.82) is 0 Å². The quantitative estimate of drug-likeness (QED) is 0.623. The van der Waals surface area contributed by atoms with E-state index in [2.05, 4.69) is 0 Å². The molecule has 1 aliphatic heterocycles. The Labute approximate surface area is 160 Å². The Morgan fingerprint density at radius 3 is 2.74 bits per heavy atom. The lowest BCUT2D eigenvalue weighted by Gasteiger charge is -2.40. The largest absolute Gasteiger partial charge is 0.618 e. The van der Waals surface area contributed by atoms with Crippen molar-refractivity contribution in [3.63, 3.8) is 0 Å². The first kappa shape index (κ1) is 17.9. The third-order valence-corrected chi connectivity index (χ3v) is 5.83. The highest BCUT2D eigenvalue weighted by Crippen LogP contribution is 2.56. The molecule has 1 spiro atoms. The number of benzene rings is 1. The van der Waals surface area contributed by atoms with Crippen molar-refractivity contribution in [2.45, 2.75) is 25.0 Å². The Hall–Kier alpha value is -2.51. The van der Waals surface area contributed by atoms with Crippen LogP contribution in [-0.2, 0) is 6.42 Å². The number of aliphatic hydroxyl groups is 1. The van der Waals surface area contributed by atoms with E-state index in [1.54, 1.807) is 13.0 Å². The highest BCUT2D eigenvalue weighted by molar-refractivity contribution is 6.35. The summed E-state index contributed by atoms with van der Waals surface area (Å²) in [5, 5.41) is 23.4. The van der Waals surface area contributed by atoms with Gasteiger partial charge >= 0.3 is 0 Å². The van der Waals surface area contributed by atoms with Crippen LogP contribution in [0.15, 0.2) is 24.4 Å². The molecule has 4 rings (SSSR count). The fraction of sp³-hybridized carbons (Fsp3) is 0.368. The Balaban J connectivity index is 1.93. The number of methoxy groups -OCH3 is 2. The van der Waals surface area contributed by atoms with Crippen LogP contribution < -0.4 is 18.9 Å². The zero-order chi connectivity index (χ0) is 19.5. The summed E-state index contributed by atoms with van der Waals surface area (Å²) in [6.45, 7) is 1.76. The van der Waals surface area contributed by atoms with E-state index >= 15 is 0 Å². The minimum absolute atomic E-state index is 0.123. The highest BCUT2D eigenvalue weighted by atomic mass is 35.5. The summed E-state index contributed by atoms with van der Waals surface area (Å²) in [6.07, 6.45) is 0.310. The van der Waals surface area contributed by atoms with Gasteiger partial charge in [0.15, 0.2) is 17.6 Å². The van der Waals surface area contributed by atoms with E-state index in [4.69, 9.17) is 25.8 Å². The van der Waals surface area contributed by atoms with E-state index < -0.39 is 23.4 Å². The molecule has 8 heteroatoms. The normalized spacial score (nSPS) is 25.7. The smallest absolute Gasteiger partial charge is 0.217 e. The standard InChI is InChI=1S/C19H18ClNO6/c1-9-7-11-10(5-4-6-21(11)24)17(22)19(9)18(23)14-12(25-2)8-13(26-3)15(20)16(14)27-19/h4-6,8-9,17,22H,7H2,1-3H3/t9-,17?,19+/m1/s1. The maximum absolute atomic E-state index is 13.5.